The monoisotopic (exact) mass is 319 g/mol. The maximum atomic E-state index is 11.9. The quantitative estimate of drug-likeness (QED) is 0.329. The zero-order chi connectivity index (χ0) is 16.9. The molecule has 22 heavy (non-hydrogen) atoms. The molecule has 8 nitrogen and oxygen atoms in total. The highest BCUT2D eigenvalue weighted by atomic mass is 16.7. The van der Waals surface area contributed by atoms with Gasteiger partial charge in [0.1, 0.15) is 12.2 Å². The number of hydrogen-bond donors (Lipinski definition) is 5. The zero-order valence-electron chi connectivity index (χ0n) is 13.2. The van der Waals surface area contributed by atoms with Crippen LogP contribution in [0, 0.1) is 5.92 Å². The van der Waals surface area contributed by atoms with Crippen molar-refractivity contribution in [3.05, 3.63) is 0 Å². The van der Waals surface area contributed by atoms with Crippen molar-refractivity contribution in [2.45, 2.75) is 57.5 Å². The molecule has 0 saturated carbocycles. The Morgan fingerprint density at radius 2 is 1.91 bits per heavy atom. The van der Waals surface area contributed by atoms with Crippen molar-refractivity contribution in [3.63, 3.8) is 0 Å². The fourth-order valence-electron chi connectivity index (χ4n) is 2.15. The molecule has 1 aliphatic heterocycles. The van der Waals surface area contributed by atoms with Crippen LogP contribution < -0.4 is 5.32 Å². The Bertz CT molecular complexity index is 359. The van der Waals surface area contributed by atoms with Gasteiger partial charge < -0.3 is 35.1 Å². The molecule has 0 aromatic heterocycles. The predicted octanol–water partition coefficient (Wildman–Crippen LogP) is -1.94. The van der Waals surface area contributed by atoms with E-state index in [0.29, 0.717) is 6.42 Å². The van der Waals surface area contributed by atoms with Gasteiger partial charge in [-0.1, -0.05) is 13.8 Å². The smallest absolute Gasteiger partial charge is 0.402 e. The van der Waals surface area contributed by atoms with Crippen molar-refractivity contribution in [3.8, 4) is 0 Å². The third kappa shape index (κ3) is 4.64. The van der Waals surface area contributed by atoms with Crippen LogP contribution in [-0.2, 0) is 14.1 Å². The van der Waals surface area contributed by atoms with E-state index in [1.807, 2.05) is 6.92 Å². The van der Waals surface area contributed by atoms with Crippen molar-refractivity contribution < 1.29 is 34.5 Å². The minimum Gasteiger partial charge on any atom is -0.402 e. The summed E-state index contributed by atoms with van der Waals surface area (Å²) >= 11 is 0. The van der Waals surface area contributed by atoms with Crippen LogP contribution in [0.2, 0.25) is 0 Å². The molecule has 1 rings (SSSR count). The van der Waals surface area contributed by atoms with E-state index in [-0.39, 0.29) is 11.8 Å². The number of nitrogens with one attached hydrogen (secondary N) is 1. The van der Waals surface area contributed by atoms with Crippen LogP contribution in [0.3, 0.4) is 0 Å². The highest BCUT2D eigenvalue weighted by Gasteiger charge is 2.47. The van der Waals surface area contributed by atoms with E-state index in [2.05, 4.69) is 5.32 Å². The molecular weight excluding hydrogens is 293 g/mol. The van der Waals surface area contributed by atoms with Crippen molar-refractivity contribution in [1.29, 1.82) is 0 Å². The Morgan fingerprint density at radius 1 is 1.27 bits per heavy atom. The molecule has 0 bridgehead atoms. The van der Waals surface area contributed by atoms with Gasteiger partial charge in [-0.15, -0.1) is 0 Å². The molecular formula is C13H26BNO7. The molecule has 1 saturated heterocycles. The Balaban J connectivity index is 2.65. The summed E-state index contributed by atoms with van der Waals surface area (Å²) in [5.41, 5.74) is 0. The topological polar surface area (TPSA) is 128 Å². The van der Waals surface area contributed by atoms with Gasteiger partial charge in [0.2, 0.25) is 5.91 Å². The van der Waals surface area contributed by atoms with Crippen LogP contribution in [0.25, 0.3) is 0 Å². The van der Waals surface area contributed by atoms with Crippen LogP contribution in [0.5, 0.6) is 0 Å². The third-order valence-corrected chi connectivity index (χ3v) is 3.90. The Hall–Kier alpha value is -0.705. The summed E-state index contributed by atoms with van der Waals surface area (Å²) in [5.74, 6) is -0.767. The summed E-state index contributed by atoms with van der Waals surface area (Å²) in [7, 11) is -0.851. The highest BCUT2D eigenvalue weighted by Crippen LogP contribution is 2.23. The molecule has 6 atom stereocenters. The first-order chi connectivity index (χ1) is 10.3. The first-order valence-electron chi connectivity index (χ1n) is 7.54. The van der Waals surface area contributed by atoms with Crippen molar-refractivity contribution >= 4 is 13.0 Å². The van der Waals surface area contributed by atoms with Gasteiger partial charge in [0, 0.05) is 5.92 Å². The lowest BCUT2D eigenvalue weighted by atomic mass is 9.79. The maximum absolute atomic E-state index is 11.9. The van der Waals surface area contributed by atoms with Crippen LogP contribution in [0.4, 0.5) is 0 Å². The number of rotatable bonds is 8. The molecule has 0 aromatic rings. The van der Waals surface area contributed by atoms with E-state index in [0.717, 1.165) is 0 Å². The minimum absolute atomic E-state index is 0.137. The maximum Gasteiger partial charge on any atom is 0.481 e. The van der Waals surface area contributed by atoms with Crippen LogP contribution in [0.15, 0.2) is 0 Å². The summed E-state index contributed by atoms with van der Waals surface area (Å²) in [5, 5.41) is 40.3. The van der Waals surface area contributed by atoms with Gasteiger partial charge in [0.05, 0.1) is 31.4 Å². The molecule has 9 heteroatoms. The Labute approximate surface area is 130 Å². The molecule has 1 heterocycles. The third-order valence-electron chi connectivity index (χ3n) is 3.90. The normalized spacial score (nSPS) is 27.3. The first-order valence-corrected chi connectivity index (χ1v) is 7.54. The van der Waals surface area contributed by atoms with E-state index in [1.165, 1.54) is 0 Å². The average molecular weight is 319 g/mol. The largest absolute Gasteiger partial charge is 0.481 e. The molecule has 1 aliphatic rings. The van der Waals surface area contributed by atoms with Crippen molar-refractivity contribution in [1.82, 2.24) is 5.32 Å². The fourth-order valence-corrected chi connectivity index (χ4v) is 2.15. The number of aliphatic hydroxyl groups excluding tert-OH is 4. The number of amides is 1. The Morgan fingerprint density at radius 3 is 2.41 bits per heavy atom. The molecule has 5 N–H and O–H groups in total. The molecule has 0 aliphatic carbocycles. The average Bonchev–Trinajstić information content (AvgIpc) is 2.96. The first kappa shape index (κ1) is 19.3. The van der Waals surface area contributed by atoms with E-state index in [4.69, 9.17) is 14.4 Å². The summed E-state index contributed by atoms with van der Waals surface area (Å²) < 4.78 is 11.0. The van der Waals surface area contributed by atoms with Crippen molar-refractivity contribution in [2.24, 2.45) is 5.92 Å². The van der Waals surface area contributed by atoms with Gasteiger partial charge in [-0.3, -0.25) is 4.79 Å². The van der Waals surface area contributed by atoms with Gasteiger partial charge in [-0.2, -0.15) is 0 Å². The van der Waals surface area contributed by atoms with Gasteiger partial charge in [0.25, 0.3) is 0 Å². The summed E-state index contributed by atoms with van der Waals surface area (Å²) in [6.45, 7) is 4.35. The molecule has 1 fully saturated rings. The summed E-state index contributed by atoms with van der Waals surface area (Å²) in [4.78, 5) is 11.9. The van der Waals surface area contributed by atoms with Crippen LogP contribution in [-0.4, -0.2) is 77.0 Å². The highest BCUT2D eigenvalue weighted by molar-refractivity contribution is 6.47. The van der Waals surface area contributed by atoms with Gasteiger partial charge >= 0.3 is 7.12 Å². The predicted molar refractivity (Wildman–Crippen MR) is 78.7 cm³/mol. The van der Waals surface area contributed by atoms with E-state index in [1.54, 1.807) is 13.8 Å². The van der Waals surface area contributed by atoms with Crippen LogP contribution in [0.1, 0.15) is 27.2 Å². The van der Waals surface area contributed by atoms with E-state index in [9.17, 15) is 20.1 Å². The number of hydrogen-bond acceptors (Lipinski definition) is 7. The standard InChI is InChI=1S/C13H26BNO7/c1-4-7(2)13(20)15-8(3)14-21-10(6-17)12(22-14)11(19)9(18)5-16/h7-12,16-19H,4-6H2,1-3H3,(H,15,20). The van der Waals surface area contributed by atoms with Gasteiger partial charge in [-0.25, -0.2) is 0 Å². The summed E-state index contributed by atoms with van der Waals surface area (Å²) in [6, 6.07) is 0. The van der Waals surface area contributed by atoms with Crippen molar-refractivity contribution in [2.75, 3.05) is 13.2 Å². The minimum atomic E-state index is -1.40. The molecule has 0 radical (unpaired) electrons. The molecule has 128 valence electrons. The Kier molecular flexibility index (Phi) is 7.74. The number of carbonyl (C=O) groups is 1. The van der Waals surface area contributed by atoms with E-state index < -0.39 is 50.7 Å². The van der Waals surface area contributed by atoms with Gasteiger partial charge in [-0.05, 0) is 13.3 Å². The van der Waals surface area contributed by atoms with Crippen LogP contribution >= 0.6 is 0 Å². The second-order valence-electron chi connectivity index (χ2n) is 5.67. The molecule has 0 spiro atoms. The summed E-state index contributed by atoms with van der Waals surface area (Å²) in [6.07, 6.45) is -3.92. The second kappa shape index (κ2) is 8.80. The molecule has 0 aromatic carbocycles. The fraction of sp³-hybridized carbons (Fsp3) is 0.923. The second-order valence-corrected chi connectivity index (χ2v) is 5.67. The van der Waals surface area contributed by atoms with E-state index >= 15 is 0 Å². The van der Waals surface area contributed by atoms with Gasteiger partial charge in [0.15, 0.2) is 0 Å². The molecule has 6 unspecified atom stereocenters. The lowest BCUT2D eigenvalue weighted by Gasteiger charge is -2.25. The molecule has 1 amide bonds. The lowest BCUT2D eigenvalue weighted by molar-refractivity contribution is -0.124. The number of carbonyl (C=O) groups excluding carboxylic acids is 1. The number of aliphatic hydroxyl groups is 4. The lowest BCUT2D eigenvalue weighted by Crippen LogP contribution is -2.48. The zero-order valence-corrected chi connectivity index (χ0v) is 13.2. The SMILES string of the molecule is CCC(C)C(=O)NC(C)B1OC(CO)C(C(O)C(O)CO)O1.